The number of hydrogen-bond acceptors (Lipinski definition) is 2. The van der Waals surface area contributed by atoms with Gasteiger partial charge in [0.2, 0.25) is 0 Å². The van der Waals surface area contributed by atoms with Gasteiger partial charge in [-0.3, -0.25) is 0 Å². The predicted molar refractivity (Wildman–Crippen MR) is 43.6 cm³/mol. The van der Waals surface area contributed by atoms with Crippen LogP contribution in [-0.4, -0.2) is 43.5 Å². The van der Waals surface area contributed by atoms with Crippen LogP contribution in [-0.2, 0) is 0 Å². The smallest absolute Gasteiger partial charge is 0.0109 e. The topological polar surface area (TPSA) is 6.48 Å². The largest absolute Gasteiger partial charge is 0.309 e. The number of likely N-dealkylation sites (tertiary alicyclic amines) is 1. The van der Waals surface area contributed by atoms with E-state index in [1.165, 1.54) is 26.1 Å². The Morgan fingerprint density at radius 2 is 2.30 bits per heavy atom. The number of nitrogens with zero attached hydrogens (tertiary/aromatic N) is 2. The second kappa shape index (κ2) is 3.35. The lowest BCUT2D eigenvalue weighted by molar-refractivity contribution is 0.323. The maximum atomic E-state index is 3.91. The monoisotopic (exact) mass is 141 g/mol. The van der Waals surface area contributed by atoms with Crippen molar-refractivity contribution in [1.29, 1.82) is 0 Å². The molecule has 0 N–H and O–H groups in total. The highest BCUT2D eigenvalue weighted by molar-refractivity contribution is 4.75. The molecule has 1 atom stereocenters. The second-order valence-electron chi connectivity index (χ2n) is 3.49. The molecule has 0 spiro atoms. The van der Waals surface area contributed by atoms with Crippen LogP contribution < -0.4 is 0 Å². The van der Waals surface area contributed by atoms with E-state index >= 15 is 0 Å². The van der Waals surface area contributed by atoms with Crippen molar-refractivity contribution in [1.82, 2.24) is 9.80 Å². The molecular weight excluding hydrogens is 124 g/mol. The van der Waals surface area contributed by atoms with Crippen LogP contribution in [0.15, 0.2) is 0 Å². The Balaban J connectivity index is 2.18. The summed E-state index contributed by atoms with van der Waals surface area (Å²) in [6.45, 7) is 3.57. The first kappa shape index (κ1) is 8.02. The Kier molecular flexibility index (Phi) is 2.69. The van der Waals surface area contributed by atoms with E-state index < -0.39 is 0 Å². The molecule has 0 saturated carbocycles. The lowest BCUT2D eigenvalue weighted by Gasteiger charge is -2.15. The van der Waals surface area contributed by atoms with Crippen LogP contribution in [0.1, 0.15) is 6.42 Å². The summed E-state index contributed by atoms with van der Waals surface area (Å²) in [4.78, 5) is 4.41. The Morgan fingerprint density at radius 1 is 1.60 bits per heavy atom. The molecule has 0 aliphatic carbocycles. The molecule has 2 nitrogen and oxygen atoms in total. The van der Waals surface area contributed by atoms with Crippen LogP contribution in [0, 0.1) is 13.0 Å². The molecule has 1 saturated heterocycles. The minimum absolute atomic E-state index is 0.854. The Labute approximate surface area is 63.8 Å². The summed E-state index contributed by atoms with van der Waals surface area (Å²) < 4.78 is 0. The van der Waals surface area contributed by atoms with Gasteiger partial charge in [-0.25, -0.2) is 0 Å². The predicted octanol–water partition coefficient (Wildman–Crippen LogP) is 0.661. The summed E-state index contributed by atoms with van der Waals surface area (Å²) in [6, 6.07) is 0. The zero-order chi connectivity index (χ0) is 7.56. The molecule has 0 amide bonds. The third-order valence-corrected chi connectivity index (χ3v) is 1.99. The molecule has 1 heterocycles. The molecule has 1 unspecified atom stereocenters. The first-order valence-electron chi connectivity index (χ1n) is 3.88. The van der Waals surface area contributed by atoms with E-state index in [0.717, 1.165) is 5.92 Å². The van der Waals surface area contributed by atoms with Gasteiger partial charge in [-0.05, 0) is 33.0 Å². The standard InChI is InChI=1S/C8H17N2/c1-9(2)6-8-4-5-10(3)7-8/h8H,3-7H2,1-2H3. The van der Waals surface area contributed by atoms with Crippen molar-refractivity contribution in [3.05, 3.63) is 7.05 Å². The van der Waals surface area contributed by atoms with Gasteiger partial charge < -0.3 is 9.80 Å². The molecule has 10 heavy (non-hydrogen) atoms. The molecule has 0 aromatic rings. The Bertz CT molecular complexity index is 101. The van der Waals surface area contributed by atoms with Gasteiger partial charge in [-0.15, -0.1) is 0 Å². The van der Waals surface area contributed by atoms with Crippen LogP contribution >= 0.6 is 0 Å². The van der Waals surface area contributed by atoms with Gasteiger partial charge in [0.15, 0.2) is 0 Å². The second-order valence-corrected chi connectivity index (χ2v) is 3.49. The van der Waals surface area contributed by atoms with E-state index in [-0.39, 0.29) is 0 Å². The maximum absolute atomic E-state index is 3.91. The van der Waals surface area contributed by atoms with Crippen molar-refractivity contribution in [3.63, 3.8) is 0 Å². The van der Waals surface area contributed by atoms with Crippen molar-refractivity contribution in [2.24, 2.45) is 5.92 Å². The summed E-state index contributed by atoms with van der Waals surface area (Å²) in [6.07, 6.45) is 1.32. The molecule has 0 aromatic carbocycles. The van der Waals surface area contributed by atoms with Gasteiger partial charge in [0.25, 0.3) is 0 Å². The number of hydrogen-bond donors (Lipinski definition) is 0. The molecule has 2 heteroatoms. The molecule has 1 aliphatic heterocycles. The van der Waals surface area contributed by atoms with Crippen LogP contribution in [0.5, 0.6) is 0 Å². The minimum atomic E-state index is 0.854. The van der Waals surface area contributed by atoms with Crippen molar-refractivity contribution < 1.29 is 0 Å². The molecule has 1 radical (unpaired) electrons. The summed E-state index contributed by atoms with van der Waals surface area (Å²) in [7, 11) is 8.17. The van der Waals surface area contributed by atoms with Crippen molar-refractivity contribution >= 4 is 0 Å². The Morgan fingerprint density at radius 3 is 2.70 bits per heavy atom. The average Bonchev–Trinajstić information content (AvgIpc) is 2.13. The van der Waals surface area contributed by atoms with Gasteiger partial charge in [0, 0.05) is 20.1 Å². The summed E-state index contributed by atoms with van der Waals surface area (Å²) in [5.41, 5.74) is 0. The SMILES string of the molecule is [CH2]N1CCC(CN(C)C)C1. The molecule has 59 valence electrons. The highest BCUT2D eigenvalue weighted by atomic mass is 15.1. The third kappa shape index (κ3) is 2.27. The first-order valence-corrected chi connectivity index (χ1v) is 3.88. The van der Waals surface area contributed by atoms with E-state index in [1.807, 2.05) is 0 Å². The van der Waals surface area contributed by atoms with E-state index in [0.29, 0.717) is 0 Å². The lowest BCUT2D eigenvalue weighted by Crippen LogP contribution is -2.23. The fraction of sp³-hybridized carbons (Fsp3) is 0.875. The van der Waals surface area contributed by atoms with Gasteiger partial charge in [0.1, 0.15) is 0 Å². The summed E-state index contributed by atoms with van der Waals surface area (Å²) in [5, 5.41) is 0. The van der Waals surface area contributed by atoms with Crippen LogP contribution in [0.3, 0.4) is 0 Å². The highest BCUT2D eigenvalue weighted by Crippen LogP contribution is 2.14. The molecule has 0 aromatic heterocycles. The normalized spacial score (nSPS) is 28.2. The first-order chi connectivity index (χ1) is 4.68. The van der Waals surface area contributed by atoms with Gasteiger partial charge in [0.05, 0.1) is 0 Å². The Hall–Kier alpha value is -0.0800. The van der Waals surface area contributed by atoms with E-state index in [9.17, 15) is 0 Å². The lowest BCUT2D eigenvalue weighted by atomic mass is 10.1. The average molecular weight is 141 g/mol. The summed E-state index contributed by atoms with van der Waals surface area (Å²) >= 11 is 0. The van der Waals surface area contributed by atoms with Crippen molar-refractivity contribution in [2.45, 2.75) is 6.42 Å². The molecular formula is C8H17N2. The van der Waals surface area contributed by atoms with E-state index in [4.69, 9.17) is 0 Å². The zero-order valence-corrected chi connectivity index (χ0v) is 7.01. The van der Waals surface area contributed by atoms with Crippen LogP contribution in [0.4, 0.5) is 0 Å². The molecule has 1 fully saturated rings. The third-order valence-electron chi connectivity index (χ3n) is 1.99. The molecule has 1 rings (SSSR count). The number of rotatable bonds is 2. The molecule has 1 aliphatic rings. The van der Waals surface area contributed by atoms with E-state index in [2.05, 4.69) is 30.9 Å². The fourth-order valence-corrected chi connectivity index (χ4v) is 1.58. The van der Waals surface area contributed by atoms with Gasteiger partial charge in [-0.1, -0.05) is 0 Å². The quantitative estimate of drug-likeness (QED) is 0.557. The van der Waals surface area contributed by atoms with Crippen molar-refractivity contribution in [3.8, 4) is 0 Å². The van der Waals surface area contributed by atoms with Crippen LogP contribution in [0.2, 0.25) is 0 Å². The summed E-state index contributed by atoms with van der Waals surface area (Å²) in [5.74, 6) is 0.854. The highest BCUT2D eigenvalue weighted by Gasteiger charge is 2.19. The van der Waals surface area contributed by atoms with Gasteiger partial charge >= 0.3 is 0 Å². The van der Waals surface area contributed by atoms with Crippen molar-refractivity contribution in [2.75, 3.05) is 33.7 Å². The molecule has 0 bridgehead atoms. The van der Waals surface area contributed by atoms with Gasteiger partial charge in [-0.2, -0.15) is 0 Å². The fourth-order valence-electron chi connectivity index (χ4n) is 1.58. The zero-order valence-electron chi connectivity index (χ0n) is 7.01. The van der Waals surface area contributed by atoms with E-state index in [1.54, 1.807) is 0 Å². The minimum Gasteiger partial charge on any atom is -0.309 e. The maximum Gasteiger partial charge on any atom is 0.0109 e. The van der Waals surface area contributed by atoms with Crippen LogP contribution in [0.25, 0.3) is 0 Å².